The summed E-state index contributed by atoms with van der Waals surface area (Å²) in [7, 11) is 0. The fourth-order valence-corrected chi connectivity index (χ4v) is 5.84. The topological polar surface area (TPSA) is 57.7 Å². The number of rotatable bonds is 6. The van der Waals surface area contributed by atoms with Gasteiger partial charge in [0.15, 0.2) is 5.78 Å². The molecule has 182 valence electrons. The van der Waals surface area contributed by atoms with Gasteiger partial charge in [0.1, 0.15) is 11.5 Å². The van der Waals surface area contributed by atoms with Crippen molar-refractivity contribution < 1.29 is 14.4 Å². The number of carbonyl (C=O) groups excluding carboxylic acids is 3. The molecule has 37 heavy (non-hydrogen) atoms. The standard InChI is InChI=1S/C32H26N2O3/c35-28-20-32(26-18-10-11-19-27(26)33(31(32)37)21-23-12-4-1-5-13-23)30(29(36)25-16-8-3-9-17-25)34(28)22-24-14-6-2-7-15-24/h1-19,30H,20-22H2. The zero-order chi connectivity index (χ0) is 25.4. The fraction of sp³-hybridized carbons (Fsp3) is 0.156. The number of para-hydroxylation sites is 1. The van der Waals surface area contributed by atoms with Gasteiger partial charge in [-0.05, 0) is 22.8 Å². The Morgan fingerprint density at radius 2 is 1.24 bits per heavy atom. The van der Waals surface area contributed by atoms with Crippen LogP contribution in [-0.2, 0) is 28.1 Å². The molecule has 0 radical (unpaired) electrons. The molecule has 1 saturated heterocycles. The summed E-state index contributed by atoms with van der Waals surface area (Å²) >= 11 is 0. The molecule has 2 aliphatic heterocycles. The van der Waals surface area contributed by atoms with Gasteiger partial charge < -0.3 is 9.80 Å². The molecule has 0 bridgehead atoms. The number of hydrogen-bond donors (Lipinski definition) is 0. The molecule has 2 unspecified atom stereocenters. The van der Waals surface area contributed by atoms with Crippen LogP contribution in [0.5, 0.6) is 0 Å². The van der Waals surface area contributed by atoms with Crippen molar-refractivity contribution in [1.82, 2.24) is 4.90 Å². The molecular weight excluding hydrogens is 460 g/mol. The second kappa shape index (κ2) is 9.17. The van der Waals surface area contributed by atoms with E-state index in [0.717, 1.165) is 22.4 Å². The molecule has 2 aliphatic rings. The highest BCUT2D eigenvalue weighted by Gasteiger charge is 2.65. The lowest BCUT2D eigenvalue weighted by atomic mass is 9.72. The van der Waals surface area contributed by atoms with Gasteiger partial charge in [-0.15, -0.1) is 0 Å². The highest BCUT2D eigenvalue weighted by Crippen LogP contribution is 2.52. The number of likely N-dealkylation sites (tertiary alicyclic amines) is 1. The monoisotopic (exact) mass is 486 g/mol. The van der Waals surface area contributed by atoms with Crippen LogP contribution in [0.15, 0.2) is 115 Å². The van der Waals surface area contributed by atoms with Crippen LogP contribution in [0.2, 0.25) is 0 Å². The average Bonchev–Trinajstić information content (AvgIpc) is 3.36. The average molecular weight is 487 g/mol. The van der Waals surface area contributed by atoms with Crippen LogP contribution in [-0.4, -0.2) is 28.5 Å². The van der Waals surface area contributed by atoms with Gasteiger partial charge >= 0.3 is 0 Å². The third-order valence-electron chi connectivity index (χ3n) is 7.52. The predicted molar refractivity (Wildman–Crippen MR) is 142 cm³/mol. The Bertz CT molecular complexity index is 1470. The number of nitrogens with zero attached hydrogens (tertiary/aromatic N) is 2. The van der Waals surface area contributed by atoms with E-state index in [0.29, 0.717) is 12.1 Å². The molecule has 4 aromatic rings. The van der Waals surface area contributed by atoms with Crippen LogP contribution in [0.1, 0.15) is 33.5 Å². The van der Waals surface area contributed by atoms with E-state index in [9.17, 15) is 14.4 Å². The molecule has 0 N–H and O–H groups in total. The first-order valence-corrected chi connectivity index (χ1v) is 12.5. The lowest BCUT2D eigenvalue weighted by Gasteiger charge is -2.33. The fourth-order valence-electron chi connectivity index (χ4n) is 5.84. The Morgan fingerprint density at radius 3 is 1.89 bits per heavy atom. The number of anilines is 1. The van der Waals surface area contributed by atoms with E-state index >= 15 is 0 Å². The smallest absolute Gasteiger partial charge is 0.241 e. The minimum atomic E-state index is -1.29. The first-order chi connectivity index (χ1) is 18.1. The predicted octanol–water partition coefficient (Wildman–Crippen LogP) is 5.16. The quantitative estimate of drug-likeness (QED) is 0.354. The van der Waals surface area contributed by atoms with E-state index in [1.165, 1.54) is 0 Å². The van der Waals surface area contributed by atoms with Crippen LogP contribution in [0.4, 0.5) is 5.69 Å². The molecule has 4 aromatic carbocycles. The highest BCUT2D eigenvalue weighted by atomic mass is 16.2. The Balaban J connectivity index is 1.50. The molecule has 2 amide bonds. The van der Waals surface area contributed by atoms with E-state index in [1.807, 2.05) is 103 Å². The number of carbonyl (C=O) groups is 3. The van der Waals surface area contributed by atoms with Gasteiger partial charge in [0, 0.05) is 24.2 Å². The maximum Gasteiger partial charge on any atom is 0.241 e. The molecular formula is C32H26N2O3. The second-order valence-electron chi connectivity index (χ2n) is 9.68. The third-order valence-corrected chi connectivity index (χ3v) is 7.52. The Morgan fingerprint density at radius 1 is 0.703 bits per heavy atom. The number of amides is 2. The molecule has 0 saturated carbocycles. The minimum Gasteiger partial charge on any atom is -0.326 e. The molecule has 2 atom stereocenters. The summed E-state index contributed by atoms with van der Waals surface area (Å²) in [5, 5.41) is 0. The van der Waals surface area contributed by atoms with Crippen LogP contribution < -0.4 is 4.90 Å². The van der Waals surface area contributed by atoms with Crippen molar-refractivity contribution in [3.63, 3.8) is 0 Å². The van der Waals surface area contributed by atoms with E-state index < -0.39 is 11.5 Å². The number of benzene rings is 4. The molecule has 2 heterocycles. The molecule has 0 aromatic heterocycles. The van der Waals surface area contributed by atoms with Crippen molar-refractivity contribution in [2.75, 3.05) is 4.90 Å². The SMILES string of the molecule is O=C(c1ccccc1)C1N(Cc2ccccc2)C(=O)CC12C(=O)N(Cc1ccccc1)c1ccccc12. The van der Waals surface area contributed by atoms with Gasteiger partial charge in [-0.3, -0.25) is 14.4 Å². The molecule has 5 heteroatoms. The molecule has 0 aliphatic carbocycles. The van der Waals surface area contributed by atoms with Crippen molar-refractivity contribution >= 4 is 23.3 Å². The maximum absolute atomic E-state index is 14.5. The summed E-state index contributed by atoms with van der Waals surface area (Å²) in [5.74, 6) is -0.606. The van der Waals surface area contributed by atoms with E-state index in [4.69, 9.17) is 0 Å². The summed E-state index contributed by atoms with van der Waals surface area (Å²) in [6.07, 6.45) is -0.0375. The van der Waals surface area contributed by atoms with Gasteiger partial charge in [-0.25, -0.2) is 0 Å². The lowest BCUT2D eigenvalue weighted by molar-refractivity contribution is -0.129. The summed E-state index contributed by atoms with van der Waals surface area (Å²) < 4.78 is 0. The number of Topliss-reactive ketones (excluding diaryl/α,β-unsaturated/α-hetero) is 1. The minimum absolute atomic E-state index is 0.0375. The zero-order valence-electron chi connectivity index (χ0n) is 20.3. The largest absolute Gasteiger partial charge is 0.326 e. The van der Waals surface area contributed by atoms with E-state index in [1.54, 1.807) is 21.9 Å². The van der Waals surface area contributed by atoms with Gasteiger partial charge in [-0.2, -0.15) is 0 Å². The highest BCUT2D eigenvalue weighted by molar-refractivity contribution is 6.18. The Hall–Kier alpha value is -4.51. The summed E-state index contributed by atoms with van der Waals surface area (Å²) in [4.78, 5) is 45.8. The lowest BCUT2D eigenvalue weighted by Crippen LogP contribution is -2.53. The van der Waals surface area contributed by atoms with Gasteiger partial charge in [0.25, 0.3) is 0 Å². The van der Waals surface area contributed by atoms with Crippen LogP contribution >= 0.6 is 0 Å². The molecule has 1 spiro atoms. The normalized spacial score (nSPS) is 20.5. The maximum atomic E-state index is 14.5. The number of hydrogen-bond acceptors (Lipinski definition) is 3. The van der Waals surface area contributed by atoms with Gasteiger partial charge in [0.2, 0.25) is 11.8 Å². The number of fused-ring (bicyclic) bond motifs is 2. The summed E-state index contributed by atoms with van der Waals surface area (Å²) in [6.45, 7) is 0.635. The van der Waals surface area contributed by atoms with Crippen molar-refractivity contribution in [3.05, 3.63) is 138 Å². The van der Waals surface area contributed by atoms with Gasteiger partial charge in [-0.1, -0.05) is 109 Å². The summed E-state index contributed by atoms with van der Waals surface area (Å²) in [5.41, 5.74) is 2.61. The summed E-state index contributed by atoms with van der Waals surface area (Å²) in [6, 6.07) is 35.1. The molecule has 6 rings (SSSR count). The zero-order valence-corrected chi connectivity index (χ0v) is 20.3. The second-order valence-corrected chi connectivity index (χ2v) is 9.68. The van der Waals surface area contributed by atoms with E-state index in [-0.39, 0.29) is 30.6 Å². The first-order valence-electron chi connectivity index (χ1n) is 12.5. The Kier molecular flexibility index (Phi) is 5.68. The van der Waals surface area contributed by atoms with Crippen molar-refractivity contribution in [2.45, 2.75) is 31.0 Å². The Labute approximate surface area is 216 Å². The number of ketones is 1. The van der Waals surface area contributed by atoms with Crippen LogP contribution in [0.25, 0.3) is 0 Å². The van der Waals surface area contributed by atoms with Crippen LogP contribution in [0, 0.1) is 0 Å². The molecule has 1 fully saturated rings. The first kappa shape index (κ1) is 22.9. The third kappa shape index (κ3) is 3.75. The van der Waals surface area contributed by atoms with Crippen molar-refractivity contribution in [1.29, 1.82) is 0 Å². The van der Waals surface area contributed by atoms with E-state index in [2.05, 4.69) is 0 Å². The van der Waals surface area contributed by atoms with Crippen molar-refractivity contribution in [2.24, 2.45) is 0 Å². The van der Waals surface area contributed by atoms with Gasteiger partial charge in [0.05, 0.1) is 6.54 Å². The molecule has 5 nitrogen and oxygen atoms in total. The van der Waals surface area contributed by atoms with Crippen LogP contribution in [0.3, 0.4) is 0 Å². The van der Waals surface area contributed by atoms with Crippen molar-refractivity contribution in [3.8, 4) is 0 Å².